The first-order chi connectivity index (χ1) is 8.68. The Balaban J connectivity index is 3.15. The quantitative estimate of drug-likeness (QED) is 0.772. The predicted molar refractivity (Wildman–Crippen MR) is 72.4 cm³/mol. The van der Waals surface area contributed by atoms with E-state index >= 15 is 0 Å². The molecule has 0 amide bonds. The predicted octanol–water partition coefficient (Wildman–Crippen LogP) is 2.15. The Morgan fingerprint density at radius 3 is 2.44 bits per heavy atom. The Hall–Kier alpha value is -0.940. The SMILES string of the molecule is CCNC(c1ncnn1CC)C(CC)(CC)OC. The highest BCUT2D eigenvalue weighted by molar-refractivity contribution is 5.05. The number of likely N-dealkylation sites (N-methyl/N-ethyl adjacent to an activating group) is 1. The zero-order valence-corrected chi connectivity index (χ0v) is 12.2. The number of hydrogen-bond donors (Lipinski definition) is 1. The highest BCUT2D eigenvalue weighted by atomic mass is 16.5. The van der Waals surface area contributed by atoms with Gasteiger partial charge in [0, 0.05) is 13.7 Å². The summed E-state index contributed by atoms with van der Waals surface area (Å²) < 4.78 is 7.77. The van der Waals surface area contributed by atoms with Gasteiger partial charge in [-0.15, -0.1) is 0 Å². The van der Waals surface area contributed by atoms with Crippen molar-refractivity contribution in [3.05, 3.63) is 12.2 Å². The van der Waals surface area contributed by atoms with Gasteiger partial charge in [-0.1, -0.05) is 20.8 Å². The van der Waals surface area contributed by atoms with Crippen molar-refractivity contribution >= 4 is 0 Å². The third-order valence-corrected chi connectivity index (χ3v) is 3.74. The number of nitrogens with one attached hydrogen (secondary N) is 1. The van der Waals surface area contributed by atoms with E-state index < -0.39 is 0 Å². The van der Waals surface area contributed by atoms with Crippen molar-refractivity contribution in [3.63, 3.8) is 0 Å². The fraction of sp³-hybridized carbons (Fsp3) is 0.846. The van der Waals surface area contributed by atoms with Crippen molar-refractivity contribution in [2.75, 3.05) is 13.7 Å². The maximum absolute atomic E-state index is 5.83. The summed E-state index contributed by atoms with van der Waals surface area (Å²) in [6, 6.07) is 0.0740. The average Bonchev–Trinajstić information content (AvgIpc) is 2.88. The first kappa shape index (κ1) is 15.1. The van der Waals surface area contributed by atoms with Crippen LogP contribution in [0, 0.1) is 0 Å². The van der Waals surface area contributed by atoms with Crippen LogP contribution in [-0.4, -0.2) is 34.0 Å². The minimum atomic E-state index is -0.226. The molecule has 1 unspecified atom stereocenters. The molecule has 1 aromatic rings. The van der Waals surface area contributed by atoms with E-state index in [0.29, 0.717) is 0 Å². The van der Waals surface area contributed by atoms with Crippen LogP contribution >= 0.6 is 0 Å². The third-order valence-electron chi connectivity index (χ3n) is 3.74. The summed E-state index contributed by atoms with van der Waals surface area (Å²) in [5.41, 5.74) is -0.226. The van der Waals surface area contributed by atoms with Gasteiger partial charge in [-0.3, -0.25) is 0 Å². The molecule has 0 bridgehead atoms. The van der Waals surface area contributed by atoms with E-state index in [0.717, 1.165) is 31.8 Å². The van der Waals surface area contributed by atoms with E-state index in [2.05, 4.69) is 43.1 Å². The lowest BCUT2D eigenvalue weighted by molar-refractivity contribution is -0.0514. The summed E-state index contributed by atoms with van der Waals surface area (Å²) in [7, 11) is 1.78. The van der Waals surface area contributed by atoms with Crippen LogP contribution in [0.25, 0.3) is 0 Å². The first-order valence-corrected chi connectivity index (χ1v) is 6.85. The number of methoxy groups -OCH3 is 1. The fourth-order valence-electron chi connectivity index (χ4n) is 2.52. The van der Waals surface area contributed by atoms with E-state index in [4.69, 9.17) is 4.74 Å². The zero-order chi connectivity index (χ0) is 13.6. The molecule has 1 atom stereocenters. The highest BCUT2D eigenvalue weighted by Gasteiger charge is 2.39. The van der Waals surface area contributed by atoms with Gasteiger partial charge in [-0.25, -0.2) is 9.67 Å². The number of rotatable bonds is 8. The van der Waals surface area contributed by atoms with Crippen LogP contribution in [0.4, 0.5) is 0 Å². The maximum atomic E-state index is 5.83. The molecule has 0 aliphatic carbocycles. The minimum Gasteiger partial charge on any atom is -0.376 e. The molecule has 1 aromatic heterocycles. The number of aryl methyl sites for hydroxylation is 1. The molecule has 104 valence electrons. The van der Waals surface area contributed by atoms with Gasteiger partial charge < -0.3 is 10.1 Å². The smallest absolute Gasteiger partial charge is 0.146 e. The molecule has 0 fully saturated rings. The molecule has 0 saturated carbocycles. The number of aromatic nitrogens is 3. The van der Waals surface area contributed by atoms with E-state index in [1.54, 1.807) is 13.4 Å². The molecule has 5 nitrogen and oxygen atoms in total. The van der Waals surface area contributed by atoms with Gasteiger partial charge in [0.25, 0.3) is 0 Å². The van der Waals surface area contributed by atoms with E-state index in [9.17, 15) is 0 Å². The second-order valence-corrected chi connectivity index (χ2v) is 4.40. The molecule has 1 N–H and O–H groups in total. The van der Waals surface area contributed by atoms with Gasteiger partial charge in [0.05, 0.1) is 11.6 Å². The lowest BCUT2D eigenvalue weighted by atomic mass is 9.87. The van der Waals surface area contributed by atoms with Gasteiger partial charge >= 0.3 is 0 Å². The Morgan fingerprint density at radius 2 is 2.00 bits per heavy atom. The first-order valence-electron chi connectivity index (χ1n) is 6.85. The maximum Gasteiger partial charge on any atom is 0.146 e. The van der Waals surface area contributed by atoms with Crippen molar-refractivity contribution in [2.24, 2.45) is 0 Å². The van der Waals surface area contributed by atoms with Crippen molar-refractivity contribution in [1.82, 2.24) is 20.1 Å². The molecule has 1 rings (SSSR count). The van der Waals surface area contributed by atoms with Crippen LogP contribution in [0.3, 0.4) is 0 Å². The molecule has 5 heteroatoms. The molecule has 1 heterocycles. The minimum absolute atomic E-state index is 0.0740. The molecule has 0 spiro atoms. The Bertz CT molecular complexity index is 338. The van der Waals surface area contributed by atoms with Crippen LogP contribution in [0.2, 0.25) is 0 Å². The highest BCUT2D eigenvalue weighted by Crippen LogP contribution is 2.33. The molecule has 0 aromatic carbocycles. The summed E-state index contributed by atoms with van der Waals surface area (Å²) >= 11 is 0. The summed E-state index contributed by atoms with van der Waals surface area (Å²) in [6.45, 7) is 10.2. The van der Waals surface area contributed by atoms with Gasteiger partial charge in [-0.05, 0) is 26.3 Å². The molecular weight excluding hydrogens is 228 g/mol. The standard InChI is InChI=1S/C13H26N4O/c1-6-13(7-2,18-5)11(14-8-3)12-15-10-16-17(12)9-4/h10-11,14H,6-9H2,1-5H3. The Kier molecular flexibility index (Phi) is 5.75. The second-order valence-electron chi connectivity index (χ2n) is 4.40. The number of hydrogen-bond acceptors (Lipinski definition) is 4. The molecule has 0 radical (unpaired) electrons. The van der Waals surface area contributed by atoms with E-state index in [-0.39, 0.29) is 11.6 Å². The third kappa shape index (κ3) is 2.72. The number of nitrogens with zero attached hydrogens (tertiary/aromatic N) is 3. The zero-order valence-electron chi connectivity index (χ0n) is 12.2. The summed E-state index contributed by atoms with van der Waals surface area (Å²) in [5.74, 6) is 0.963. The summed E-state index contributed by atoms with van der Waals surface area (Å²) in [4.78, 5) is 4.43. The monoisotopic (exact) mass is 254 g/mol. The normalized spacial score (nSPS) is 13.8. The van der Waals surface area contributed by atoms with Gasteiger partial charge in [0.15, 0.2) is 0 Å². The van der Waals surface area contributed by atoms with E-state index in [1.807, 2.05) is 4.68 Å². The molecule has 0 aliphatic heterocycles. The van der Waals surface area contributed by atoms with E-state index in [1.165, 1.54) is 0 Å². The summed E-state index contributed by atoms with van der Waals surface area (Å²) in [5, 5.41) is 7.77. The molecule has 0 aliphatic rings. The van der Waals surface area contributed by atoms with Crippen LogP contribution in [0.1, 0.15) is 52.4 Å². The second kappa shape index (κ2) is 6.85. The molecule has 18 heavy (non-hydrogen) atoms. The molecular formula is C13H26N4O. The largest absolute Gasteiger partial charge is 0.376 e. The summed E-state index contributed by atoms with van der Waals surface area (Å²) in [6.07, 6.45) is 3.50. The van der Waals surface area contributed by atoms with Crippen molar-refractivity contribution in [2.45, 2.75) is 58.7 Å². The van der Waals surface area contributed by atoms with Crippen LogP contribution in [0.15, 0.2) is 6.33 Å². The van der Waals surface area contributed by atoms with Crippen molar-refractivity contribution in [3.8, 4) is 0 Å². The van der Waals surface area contributed by atoms with Gasteiger partial charge in [0.2, 0.25) is 0 Å². The Labute approximate surface area is 110 Å². The van der Waals surface area contributed by atoms with Gasteiger partial charge in [-0.2, -0.15) is 5.10 Å². The van der Waals surface area contributed by atoms with Crippen molar-refractivity contribution in [1.29, 1.82) is 0 Å². The number of ether oxygens (including phenoxy) is 1. The Morgan fingerprint density at radius 1 is 1.33 bits per heavy atom. The lowest BCUT2D eigenvalue weighted by Gasteiger charge is -2.38. The van der Waals surface area contributed by atoms with Crippen LogP contribution < -0.4 is 5.32 Å². The molecule has 0 saturated heterocycles. The van der Waals surface area contributed by atoms with Crippen LogP contribution in [-0.2, 0) is 11.3 Å². The lowest BCUT2D eigenvalue weighted by Crippen LogP contribution is -2.46. The van der Waals surface area contributed by atoms with Crippen molar-refractivity contribution < 1.29 is 4.74 Å². The fourth-order valence-corrected chi connectivity index (χ4v) is 2.52. The van der Waals surface area contributed by atoms with Gasteiger partial charge in [0.1, 0.15) is 12.2 Å². The topological polar surface area (TPSA) is 52.0 Å². The van der Waals surface area contributed by atoms with Crippen LogP contribution in [0.5, 0.6) is 0 Å². The average molecular weight is 254 g/mol.